The highest BCUT2D eigenvalue weighted by Gasteiger charge is 2.28. The Kier molecular flexibility index (Phi) is 3.24. The lowest BCUT2D eigenvalue weighted by atomic mass is 10.0. The Morgan fingerprint density at radius 2 is 2.09 bits per heavy atom. The van der Waals surface area contributed by atoms with Gasteiger partial charge < -0.3 is 14.6 Å². The molecule has 0 fully saturated rings. The van der Waals surface area contributed by atoms with Crippen molar-refractivity contribution in [3.05, 3.63) is 59.0 Å². The number of carbonyl (C=O) groups excluding carboxylic acids is 1. The third kappa shape index (κ3) is 2.33. The van der Waals surface area contributed by atoms with Gasteiger partial charge in [-0.2, -0.15) is 0 Å². The summed E-state index contributed by atoms with van der Waals surface area (Å²) >= 11 is 5.95. The minimum atomic E-state index is -0.423. The van der Waals surface area contributed by atoms with E-state index in [4.69, 9.17) is 20.9 Å². The lowest BCUT2D eigenvalue weighted by Gasteiger charge is -2.15. The van der Waals surface area contributed by atoms with Crippen molar-refractivity contribution in [2.75, 3.05) is 5.32 Å². The summed E-state index contributed by atoms with van der Waals surface area (Å²) in [6.07, 6.45) is 1.54. The Balaban J connectivity index is 1.69. The molecular weight excluding hydrogens is 318 g/mol. The molecule has 0 saturated carbocycles. The quantitative estimate of drug-likeness (QED) is 0.728. The third-order valence-electron chi connectivity index (χ3n) is 3.51. The van der Waals surface area contributed by atoms with E-state index >= 15 is 0 Å². The summed E-state index contributed by atoms with van der Waals surface area (Å²) in [5, 5.41) is 6.78. The Labute approximate surface area is 136 Å². The van der Waals surface area contributed by atoms with Crippen LogP contribution in [0.5, 0.6) is 5.75 Å². The molecule has 0 spiro atoms. The number of halogens is 1. The number of nitrogens with zero attached hydrogens (tertiary/aromatic N) is 2. The van der Waals surface area contributed by atoms with Gasteiger partial charge in [0, 0.05) is 6.20 Å². The zero-order valence-corrected chi connectivity index (χ0v) is 12.5. The van der Waals surface area contributed by atoms with Gasteiger partial charge in [0.25, 0.3) is 5.91 Å². The first kappa shape index (κ1) is 13.8. The number of nitrogens with one attached hydrogen (secondary N) is 1. The largest absolute Gasteiger partial charge is 0.488 e. The summed E-state index contributed by atoms with van der Waals surface area (Å²) in [5.41, 5.74) is 1.98. The number of hydrogen-bond donors (Lipinski definition) is 1. The highest BCUT2D eigenvalue weighted by atomic mass is 35.5. The Hall–Kier alpha value is -2.86. The molecule has 114 valence electrons. The maximum atomic E-state index is 12.4. The van der Waals surface area contributed by atoms with Gasteiger partial charge in [-0.1, -0.05) is 28.9 Å². The number of rotatable bonds is 2. The molecule has 0 saturated heterocycles. The van der Waals surface area contributed by atoms with E-state index in [9.17, 15) is 4.79 Å². The fourth-order valence-electron chi connectivity index (χ4n) is 2.42. The Morgan fingerprint density at radius 3 is 2.96 bits per heavy atom. The number of hydrogen-bond acceptors (Lipinski definition) is 5. The van der Waals surface area contributed by atoms with E-state index in [1.54, 1.807) is 18.3 Å². The van der Waals surface area contributed by atoms with Crippen molar-refractivity contribution < 1.29 is 14.1 Å². The van der Waals surface area contributed by atoms with Crippen molar-refractivity contribution in [2.45, 2.75) is 6.61 Å². The third-order valence-corrected chi connectivity index (χ3v) is 3.82. The van der Waals surface area contributed by atoms with Gasteiger partial charge in [0.1, 0.15) is 12.4 Å². The molecule has 4 rings (SSSR count). The van der Waals surface area contributed by atoms with Crippen LogP contribution in [-0.2, 0) is 6.61 Å². The molecule has 0 aliphatic carbocycles. The maximum Gasteiger partial charge on any atom is 0.278 e. The van der Waals surface area contributed by atoms with E-state index in [1.165, 1.54) is 0 Å². The maximum absolute atomic E-state index is 12.4. The fraction of sp³-hybridized carbons (Fsp3) is 0.0625. The molecule has 0 atom stereocenters. The van der Waals surface area contributed by atoms with E-state index in [2.05, 4.69) is 15.5 Å². The molecule has 0 bridgehead atoms. The van der Waals surface area contributed by atoms with E-state index in [-0.39, 0.29) is 17.5 Å². The number of anilines is 1. The van der Waals surface area contributed by atoms with Crippen molar-refractivity contribution in [1.82, 2.24) is 10.1 Å². The van der Waals surface area contributed by atoms with Crippen molar-refractivity contribution in [3.63, 3.8) is 0 Å². The topological polar surface area (TPSA) is 77.3 Å². The smallest absolute Gasteiger partial charge is 0.278 e. The number of para-hydroxylation sites is 1. The Bertz CT molecular complexity index is 907. The lowest BCUT2D eigenvalue weighted by molar-refractivity contribution is 0.101. The summed E-state index contributed by atoms with van der Waals surface area (Å²) in [5.74, 6) is 0.834. The van der Waals surface area contributed by atoms with Crippen molar-refractivity contribution >= 4 is 23.2 Å². The second kappa shape index (κ2) is 5.40. The minimum absolute atomic E-state index is 0.175. The lowest BCUT2D eigenvalue weighted by Crippen LogP contribution is -2.16. The number of aromatic nitrogens is 2. The number of pyridine rings is 1. The van der Waals surface area contributed by atoms with Crippen LogP contribution < -0.4 is 10.1 Å². The van der Waals surface area contributed by atoms with Crippen LogP contribution in [0.2, 0.25) is 5.15 Å². The van der Waals surface area contributed by atoms with Crippen molar-refractivity contribution in [3.8, 4) is 17.1 Å². The van der Waals surface area contributed by atoms with Gasteiger partial charge in [-0.3, -0.25) is 4.79 Å². The average molecular weight is 328 g/mol. The predicted octanol–water partition coefficient (Wildman–Crippen LogP) is 3.53. The normalized spacial score (nSPS) is 12.0. The highest BCUT2D eigenvalue weighted by molar-refractivity contribution is 6.32. The number of benzene rings is 1. The van der Waals surface area contributed by atoms with Crippen LogP contribution in [0.25, 0.3) is 11.3 Å². The molecule has 3 aromatic rings. The molecule has 2 aromatic heterocycles. The van der Waals surface area contributed by atoms with E-state index in [0.717, 1.165) is 5.56 Å². The van der Waals surface area contributed by atoms with Gasteiger partial charge in [0.15, 0.2) is 16.6 Å². The first-order valence-corrected chi connectivity index (χ1v) is 7.24. The summed E-state index contributed by atoms with van der Waals surface area (Å²) < 4.78 is 11.0. The number of ether oxygens (including phenoxy) is 1. The monoisotopic (exact) mass is 327 g/mol. The van der Waals surface area contributed by atoms with Crippen LogP contribution in [0.3, 0.4) is 0 Å². The zero-order chi connectivity index (χ0) is 15.8. The van der Waals surface area contributed by atoms with Gasteiger partial charge in [-0.25, -0.2) is 4.98 Å². The van der Waals surface area contributed by atoms with Crippen LogP contribution >= 0.6 is 11.6 Å². The summed E-state index contributed by atoms with van der Waals surface area (Å²) in [6, 6.07) is 10.8. The van der Waals surface area contributed by atoms with E-state index in [0.29, 0.717) is 22.8 Å². The molecule has 3 heterocycles. The van der Waals surface area contributed by atoms with Crippen LogP contribution in [0, 0.1) is 0 Å². The second-order valence-corrected chi connectivity index (χ2v) is 5.28. The van der Waals surface area contributed by atoms with Crippen LogP contribution in [0.4, 0.5) is 5.69 Å². The van der Waals surface area contributed by atoms with Gasteiger partial charge in [0.05, 0.1) is 16.8 Å². The molecule has 1 aliphatic heterocycles. The first-order valence-electron chi connectivity index (χ1n) is 6.86. The van der Waals surface area contributed by atoms with Crippen molar-refractivity contribution in [1.29, 1.82) is 0 Å². The van der Waals surface area contributed by atoms with Gasteiger partial charge in [-0.15, -0.1) is 0 Å². The molecule has 1 aromatic carbocycles. The summed E-state index contributed by atoms with van der Waals surface area (Å²) in [4.78, 5) is 16.3. The van der Waals surface area contributed by atoms with Crippen LogP contribution in [-0.4, -0.2) is 16.0 Å². The zero-order valence-electron chi connectivity index (χ0n) is 11.7. The second-order valence-electron chi connectivity index (χ2n) is 4.92. The molecule has 1 N–H and O–H groups in total. The molecule has 6 nitrogen and oxygen atoms in total. The van der Waals surface area contributed by atoms with Crippen LogP contribution in [0.15, 0.2) is 47.1 Å². The summed E-state index contributed by atoms with van der Waals surface area (Å²) in [7, 11) is 0. The molecular formula is C16H10ClN3O3. The molecule has 7 heteroatoms. The minimum Gasteiger partial charge on any atom is -0.488 e. The first-order chi connectivity index (χ1) is 11.2. The molecule has 0 radical (unpaired) electrons. The van der Waals surface area contributed by atoms with Gasteiger partial charge in [-0.05, 0) is 24.3 Å². The molecule has 0 unspecified atom stereocenters. The van der Waals surface area contributed by atoms with Crippen molar-refractivity contribution in [2.24, 2.45) is 0 Å². The fourth-order valence-corrected chi connectivity index (χ4v) is 2.59. The highest BCUT2D eigenvalue weighted by Crippen LogP contribution is 2.38. The molecule has 23 heavy (non-hydrogen) atoms. The summed E-state index contributed by atoms with van der Waals surface area (Å²) in [6.45, 7) is 0.222. The van der Waals surface area contributed by atoms with E-state index < -0.39 is 5.91 Å². The number of fused-ring (bicyclic) bond motifs is 3. The van der Waals surface area contributed by atoms with Gasteiger partial charge in [0.2, 0.25) is 0 Å². The standard InChI is InChI=1S/C16H10ClN3O3/c17-15-11(5-3-7-18-15)19-16(21)13-10-8-22-12-6-2-1-4-9(12)14(10)23-20-13/h1-7H,8H2,(H,19,21). The molecule has 1 amide bonds. The van der Waals surface area contributed by atoms with Gasteiger partial charge >= 0.3 is 0 Å². The molecule has 1 aliphatic rings. The predicted molar refractivity (Wildman–Crippen MR) is 83.5 cm³/mol. The number of carbonyl (C=O) groups is 1. The van der Waals surface area contributed by atoms with E-state index in [1.807, 2.05) is 24.3 Å². The number of amides is 1. The van der Waals surface area contributed by atoms with Crippen LogP contribution in [0.1, 0.15) is 16.1 Å². The average Bonchev–Trinajstić information content (AvgIpc) is 3.01. The Morgan fingerprint density at radius 1 is 1.22 bits per heavy atom. The SMILES string of the molecule is O=C(Nc1cccnc1Cl)c1noc2c1COc1ccccc1-2.